The number of hydrogen-bond donors (Lipinski definition) is 3. The minimum absolute atomic E-state index is 0.00848. The molecule has 0 radical (unpaired) electrons. The quantitative estimate of drug-likeness (QED) is 0.728. The van der Waals surface area contributed by atoms with Gasteiger partial charge in [-0.3, -0.25) is 5.43 Å². The van der Waals surface area contributed by atoms with Gasteiger partial charge in [-0.25, -0.2) is 13.2 Å². The fourth-order valence-corrected chi connectivity index (χ4v) is 2.65. The molecule has 8 heteroatoms. The Bertz CT molecular complexity index is 789. The minimum Gasteiger partial charge on any atom is -0.497 e. The maximum Gasteiger partial charge on any atom is 0.334 e. The monoisotopic (exact) mass is 335 g/mol. The van der Waals surface area contributed by atoms with Gasteiger partial charge in [-0.1, -0.05) is 12.1 Å². The highest BCUT2D eigenvalue weighted by Gasteiger charge is 2.15. The van der Waals surface area contributed by atoms with Crippen molar-refractivity contribution in [2.75, 3.05) is 12.4 Å². The van der Waals surface area contributed by atoms with Crippen LogP contribution in [0.1, 0.15) is 5.56 Å². The highest BCUT2D eigenvalue weighted by atomic mass is 32.2. The summed E-state index contributed by atoms with van der Waals surface area (Å²) in [5.41, 5.74) is 3.63. The number of ether oxygens (including phenoxy) is 1. The van der Waals surface area contributed by atoms with Gasteiger partial charge in [0, 0.05) is 5.69 Å². The Balaban J connectivity index is 1.96. The van der Waals surface area contributed by atoms with Crippen molar-refractivity contribution in [1.29, 1.82) is 0 Å². The van der Waals surface area contributed by atoms with Crippen LogP contribution < -0.4 is 20.3 Å². The Morgan fingerprint density at radius 1 is 1.09 bits per heavy atom. The van der Waals surface area contributed by atoms with E-state index in [1.54, 1.807) is 18.2 Å². The van der Waals surface area contributed by atoms with Crippen molar-refractivity contribution >= 4 is 21.7 Å². The number of rotatable bonds is 5. The van der Waals surface area contributed by atoms with Crippen molar-refractivity contribution in [2.24, 2.45) is 0 Å². The van der Waals surface area contributed by atoms with E-state index in [9.17, 15) is 13.2 Å². The van der Waals surface area contributed by atoms with E-state index in [1.807, 2.05) is 17.8 Å². The zero-order chi connectivity index (χ0) is 16.9. The average molecular weight is 335 g/mol. The van der Waals surface area contributed by atoms with Crippen LogP contribution in [0.2, 0.25) is 0 Å². The summed E-state index contributed by atoms with van der Waals surface area (Å²) in [5, 5.41) is 2.53. The third kappa shape index (κ3) is 4.70. The average Bonchev–Trinajstić information content (AvgIpc) is 2.53. The summed E-state index contributed by atoms with van der Waals surface area (Å²) in [7, 11) is -2.37. The number of carbonyl (C=O) groups is 1. The van der Waals surface area contributed by atoms with Gasteiger partial charge in [0.25, 0.3) is 10.0 Å². The number of methoxy groups -OCH3 is 1. The summed E-state index contributed by atoms with van der Waals surface area (Å²) in [4.78, 5) is 13.8. The van der Waals surface area contributed by atoms with Gasteiger partial charge in [0.05, 0.1) is 12.0 Å². The number of anilines is 1. The Morgan fingerprint density at radius 2 is 1.78 bits per heavy atom. The zero-order valence-electron chi connectivity index (χ0n) is 12.7. The summed E-state index contributed by atoms with van der Waals surface area (Å²) in [6, 6.07) is 12.2. The standard InChI is InChI=1S/C15H17N3O4S/c1-11-4-3-5-12(10-11)16-15(19)17-18-23(20,21)14-8-6-13(22-2)7-9-14/h3-10,18H,1-2H3,(H2,16,17,19). The summed E-state index contributed by atoms with van der Waals surface area (Å²) in [6.07, 6.45) is 0. The predicted molar refractivity (Wildman–Crippen MR) is 86.6 cm³/mol. The third-order valence-corrected chi connectivity index (χ3v) is 4.21. The summed E-state index contributed by atoms with van der Waals surface area (Å²) in [6.45, 7) is 1.88. The van der Waals surface area contributed by atoms with Crippen molar-refractivity contribution in [3.63, 3.8) is 0 Å². The van der Waals surface area contributed by atoms with Crippen LogP contribution in [0.4, 0.5) is 10.5 Å². The molecule has 0 unspecified atom stereocenters. The molecular weight excluding hydrogens is 318 g/mol. The van der Waals surface area contributed by atoms with Crippen molar-refractivity contribution in [3.8, 4) is 5.75 Å². The van der Waals surface area contributed by atoms with E-state index >= 15 is 0 Å². The highest BCUT2D eigenvalue weighted by molar-refractivity contribution is 7.89. The lowest BCUT2D eigenvalue weighted by Gasteiger charge is -2.10. The Hall–Kier alpha value is -2.58. The molecule has 2 aromatic rings. The second-order valence-corrected chi connectivity index (χ2v) is 6.41. The smallest absolute Gasteiger partial charge is 0.334 e. The van der Waals surface area contributed by atoms with E-state index in [4.69, 9.17) is 4.74 Å². The van der Waals surface area contributed by atoms with Gasteiger partial charge in [0.1, 0.15) is 5.75 Å². The Morgan fingerprint density at radius 3 is 2.39 bits per heavy atom. The van der Waals surface area contributed by atoms with Crippen molar-refractivity contribution in [3.05, 3.63) is 54.1 Å². The first-order valence-electron chi connectivity index (χ1n) is 6.70. The number of nitrogens with one attached hydrogen (secondary N) is 3. The lowest BCUT2D eigenvalue weighted by molar-refractivity contribution is 0.250. The molecule has 0 heterocycles. The molecule has 23 heavy (non-hydrogen) atoms. The van der Waals surface area contributed by atoms with Crippen LogP contribution in [0, 0.1) is 6.92 Å². The maximum absolute atomic E-state index is 12.0. The molecule has 122 valence electrons. The molecule has 0 aliphatic rings. The highest BCUT2D eigenvalue weighted by Crippen LogP contribution is 2.15. The first kappa shape index (κ1) is 16.8. The summed E-state index contributed by atoms with van der Waals surface area (Å²) in [5.74, 6) is 0.536. The molecule has 2 aromatic carbocycles. The molecule has 2 rings (SSSR count). The van der Waals surface area contributed by atoms with Crippen LogP contribution in [0.3, 0.4) is 0 Å². The van der Waals surface area contributed by atoms with Crippen LogP contribution in [0.25, 0.3) is 0 Å². The zero-order valence-corrected chi connectivity index (χ0v) is 13.5. The lowest BCUT2D eigenvalue weighted by Crippen LogP contribution is -2.43. The van der Waals surface area contributed by atoms with E-state index in [-0.39, 0.29) is 4.90 Å². The number of aryl methyl sites for hydroxylation is 1. The van der Waals surface area contributed by atoms with Gasteiger partial charge in [0.2, 0.25) is 0 Å². The molecule has 7 nitrogen and oxygen atoms in total. The van der Waals surface area contributed by atoms with Gasteiger partial charge in [-0.2, -0.15) is 0 Å². The molecule has 0 atom stereocenters. The normalized spacial score (nSPS) is 10.9. The lowest BCUT2D eigenvalue weighted by atomic mass is 10.2. The number of hydrazine groups is 1. The van der Waals surface area contributed by atoms with Gasteiger partial charge < -0.3 is 10.1 Å². The predicted octanol–water partition coefficient (Wildman–Crippen LogP) is 2.02. The second kappa shape index (κ2) is 7.12. The minimum atomic E-state index is -3.86. The fraction of sp³-hybridized carbons (Fsp3) is 0.133. The Labute approximate surface area is 134 Å². The second-order valence-electron chi connectivity index (χ2n) is 4.73. The number of sulfonamides is 1. The molecule has 0 fully saturated rings. The summed E-state index contributed by atoms with van der Waals surface area (Å²) >= 11 is 0. The molecule has 3 N–H and O–H groups in total. The molecule has 0 aliphatic heterocycles. The number of urea groups is 1. The van der Waals surface area contributed by atoms with Crippen LogP contribution in [-0.2, 0) is 10.0 Å². The van der Waals surface area contributed by atoms with E-state index in [1.165, 1.54) is 31.4 Å². The summed E-state index contributed by atoms with van der Waals surface area (Å²) < 4.78 is 29.1. The Kier molecular flexibility index (Phi) is 5.20. The first-order valence-corrected chi connectivity index (χ1v) is 8.18. The molecule has 2 amide bonds. The molecule has 0 bridgehead atoms. The molecule has 0 saturated heterocycles. The number of benzene rings is 2. The fourth-order valence-electron chi connectivity index (χ4n) is 1.81. The van der Waals surface area contributed by atoms with Crippen molar-refractivity contribution < 1.29 is 17.9 Å². The van der Waals surface area contributed by atoms with Crippen LogP contribution in [0.15, 0.2) is 53.4 Å². The molecule has 0 spiro atoms. The number of carbonyl (C=O) groups excluding carboxylic acids is 1. The molecular formula is C15H17N3O4S. The topological polar surface area (TPSA) is 96.5 Å². The van der Waals surface area contributed by atoms with Crippen LogP contribution in [0.5, 0.6) is 5.75 Å². The number of amides is 2. The number of hydrogen-bond acceptors (Lipinski definition) is 4. The van der Waals surface area contributed by atoms with E-state index < -0.39 is 16.1 Å². The largest absolute Gasteiger partial charge is 0.497 e. The van der Waals surface area contributed by atoms with E-state index in [0.717, 1.165) is 5.56 Å². The van der Waals surface area contributed by atoms with E-state index in [2.05, 4.69) is 10.7 Å². The van der Waals surface area contributed by atoms with Gasteiger partial charge in [-0.15, -0.1) is 4.83 Å². The van der Waals surface area contributed by atoms with Crippen molar-refractivity contribution in [2.45, 2.75) is 11.8 Å². The van der Waals surface area contributed by atoms with Crippen LogP contribution >= 0.6 is 0 Å². The first-order chi connectivity index (χ1) is 10.9. The molecule has 0 aliphatic carbocycles. The molecule has 0 aromatic heterocycles. The van der Waals surface area contributed by atoms with Crippen molar-refractivity contribution in [1.82, 2.24) is 10.3 Å². The maximum atomic E-state index is 12.0. The van der Waals surface area contributed by atoms with Crippen LogP contribution in [-0.4, -0.2) is 21.6 Å². The van der Waals surface area contributed by atoms with Gasteiger partial charge in [-0.05, 0) is 48.9 Å². The van der Waals surface area contributed by atoms with Gasteiger partial charge in [0.15, 0.2) is 0 Å². The van der Waals surface area contributed by atoms with Gasteiger partial charge >= 0.3 is 6.03 Å². The third-order valence-electron chi connectivity index (χ3n) is 2.94. The SMILES string of the molecule is COc1ccc(S(=O)(=O)NNC(=O)Nc2cccc(C)c2)cc1. The molecule has 0 saturated carbocycles. The van der Waals surface area contributed by atoms with E-state index in [0.29, 0.717) is 11.4 Å².